The van der Waals surface area contributed by atoms with Gasteiger partial charge in [0.05, 0.1) is 0 Å². The Morgan fingerprint density at radius 3 is 0.909 bits per heavy atom. The normalized spacial score (nSPS) is 13.9. The molecule has 0 amide bonds. The molecule has 0 heterocycles. The van der Waals surface area contributed by atoms with Crippen molar-refractivity contribution in [2.75, 3.05) is 0 Å². The van der Waals surface area contributed by atoms with Crippen LogP contribution in [0.1, 0.15) is 41.5 Å². The molecule has 0 N–H and O–H groups in total. The molecule has 0 aromatic heterocycles. The zero-order valence-electron chi connectivity index (χ0n) is 9.23. The van der Waals surface area contributed by atoms with Gasteiger partial charge in [-0.1, -0.05) is 41.5 Å². The molecule has 0 atom stereocenters. The third kappa shape index (κ3) is 2.08. The summed E-state index contributed by atoms with van der Waals surface area (Å²) < 4.78 is 0. The standard InChI is InChI=1S/C10H24Si/c1-7(2)10(11,8(3)4)9(5)6/h7-9H,1-6,11H3. The second-order valence-electron chi connectivity index (χ2n) is 4.83. The van der Waals surface area contributed by atoms with Gasteiger partial charge in [0.25, 0.3) is 0 Å². The first-order valence-corrected chi connectivity index (χ1v) is 5.83. The number of hydrogen-bond donors (Lipinski definition) is 0. The summed E-state index contributed by atoms with van der Waals surface area (Å²) in [6, 6.07) is 0. The molecular formula is C10H24Si. The van der Waals surface area contributed by atoms with E-state index in [-0.39, 0.29) is 0 Å². The van der Waals surface area contributed by atoms with E-state index >= 15 is 0 Å². The van der Waals surface area contributed by atoms with Gasteiger partial charge in [0.2, 0.25) is 0 Å². The zero-order chi connectivity index (χ0) is 9.23. The summed E-state index contributed by atoms with van der Waals surface area (Å²) in [5, 5.41) is 0.639. The van der Waals surface area contributed by atoms with Gasteiger partial charge in [-0.05, 0) is 22.8 Å². The van der Waals surface area contributed by atoms with Crippen LogP contribution in [0.3, 0.4) is 0 Å². The molecule has 0 aromatic rings. The molecule has 0 aliphatic rings. The molecule has 0 unspecified atom stereocenters. The van der Waals surface area contributed by atoms with Crippen LogP contribution in [-0.2, 0) is 0 Å². The fourth-order valence-corrected chi connectivity index (χ4v) is 2.00. The van der Waals surface area contributed by atoms with E-state index in [1.165, 1.54) is 10.2 Å². The van der Waals surface area contributed by atoms with Gasteiger partial charge in [-0.25, -0.2) is 0 Å². The minimum Gasteiger partial charge on any atom is -0.0625 e. The summed E-state index contributed by atoms with van der Waals surface area (Å²) in [5.41, 5.74) is 0. The van der Waals surface area contributed by atoms with Crippen molar-refractivity contribution in [1.29, 1.82) is 0 Å². The molecule has 0 saturated heterocycles. The van der Waals surface area contributed by atoms with E-state index in [9.17, 15) is 0 Å². The first kappa shape index (κ1) is 11.2. The molecule has 11 heavy (non-hydrogen) atoms. The maximum Gasteiger partial charge on any atom is 0.0116 e. The maximum absolute atomic E-state index is 2.37. The summed E-state index contributed by atoms with van der Waals surface area (Å²) in [7, 11) is 1.32. The predicted molar refractivity (Wildman–Crippen MR) is 57.1 cm³/mol. The summed E-state index contributed by atoms with van der Waals surface area (Å²) >= 11 is 0. The molecule has 0 nitrogen and oxygen atoms in total. The minimum atomic E-state index is 0.639. The summed E-state index contributed by atoms with van der Waals surface area (Å²) in [6.45, 7) is 14.2. The largest absolute Gasteiger partial charge is 0.0625 e. The lowest BCUT2D eigenvalue weighted by molar-refractivity contribution is 0.236. The van der Waals surface area contributed by atoms with Crippen LogP contribution in [-0.4, -0.2) is 10.2 Å². The Morgan fingerprint density at radius 2 is 0.909 bits per heavy atom. The third-order valence-corrected chi connectivity index (χ3v) is 7.20. The highest BCUT2D eigenvalue weighted by atomic mass is 28.1. The monoisotopic (exact) mass is 172 g/mol. The van der Waals surface area contributed by atoms with Crippen LogP contribution in [0.2, 0.25) is 5.04 Å². The van der Waals surface area contributed by atoms with Gasteiger partial charge in [0.15, 0.2) is 0 Å². The van der Waals surface area contributed by atoms with Gasteiger partial charge < -0.3 is 0 Å². The summed E-state index contributed by atoms with van der Waals surface area (Å²) in [4.78, 5) is 0. The van der Waals surface area contributed by atoms with Crippen LogP contribution in [0.5, 0.6) is 0 Å². The third-order valence-electron chi connectivity index (χ3n) is 3.73. The molecule has 0 aliphatic heterocycles. The van der Waals surface area contributed by atoms with Crippen LogP contribution in [0.25, 0.3) is 0 Å². The van der Waals surface area contributed by atoms with Gasteiger partial charge >= 0.3 is 0 Å². The first-order chi connectivity index (χ1) is 4.83. The lowest BCUT2D eigenvalue weighted by Gasteiger charge is -2.42. The Bertz CT molecular complexity index is 92.3. The Labute approximate surface area is 75.2 Å². The first-order valence-electron chi connectivity index (χ1n) is 4.83. The molecule has 1 heteroatoms. The Balaban J connectivity index is 4.53. The van der Waals surface area contributed by atoms with Gasteiger partial charge in [-0.2, -0.15) is 0 Å². The van der Waals surface area contributed by atoms with Crippen molar-refractivity contribution in [3.8, 4) is 0 Å². The zero-order valence-corrected chi connectivity index (χ0v) is 11.2. The van der Waals surface area contributed by atoms with E-state index in [2.05, 4.69) is 41.5 Å². The highest BCUT2D eigenvalue weighted by Crippen LogP contribution is 2.46. The van der Waals surface area contributed by atoms with E-state index < -0.39 is 0 Å². The Morgan fingerprint density at radius 1 is 0.727 bits per heavy atom. The van der Waals surface area contributed by atoms with E-state index in [0.717, 1.165) is 17.8 Å². The Hall–Kier alpha value is 0.217. The number of rotatable bonds is 3. The molecule has 0 radical (unpaired) electrons. The molecule has 0 fully saturated rings. The minimum absolute atomic E-state index is 0.639. The van der Waals surface area contributed by atoms with Crippen LogP contribution < -0.4 is 0 Å². The fraction of sp³-hybridized carbons (Fsp3) is 1.00. The van der Waals surface area contributed by atoms with E-state index in [4.69, 9.17) is 0 Å². The van der Waals surface area contributed by atoms with E-state index in [1.54, 1.807) is 0 Å². The second kappa shape index (κ2) is 3.75. The average molecular weight is 172 g/mol. The van der Waals surface area contributed by atoms with Crippen molar-refractivity contribution in [3.63, 3.8) is 0 Å². The van der Waals surface area contributed by atoms with Crippen molar-refractivity contribution in [2.45, 2.75) is 46.6 Å². The van der Waals surface area contributed by atoms with Gasteiger partial charge in [-0.15, -0.1) is 0 Å². The van der Waals surface area contributed by atoms with Gasteiger partial charge in [-0.3, -0.25) is 0 Å². The van der Waals surface area contributed by atoms with Crippen LogP contribution in [0.4, 0.5) is 0 Å². The topological polar surface area (TPSA) is 0 Å². The molecule has 68 valence electrons. The highest BCUT2D eigenvalue weighted by molar-refractivity contribution is 6.15. The summed E-state index contributed by atoms with van der Waals surface area (Å²) in [6.07, 6.45) is 0. The van der Waals surface area contributed by atoms with E-state index in [0.29, 0.717) is 5.04 Å². The van der Waals surface area contributed by atoms with Crippen LogP contribution in [0, 0.1) is 17.8 Å². The molecule has 0 bridgehead atoms. The lowest BCUT2D eigenvalue weighted by atomic mass is 9.76. The van der Waals surface area contributed by atoms with Crippen molar-refractivity contribution >= 4 is 10.2 Å². The van der Waals surface area contributed by atoms with Crippen molar-refractivity contribution in [2.24, 2.45) is 17.8 Å². The van der Waals surface area contributed by atoms with Crippen molar-refractivity contribution in [1.82, 2.24) is 0 Å². The summed E-state index contributed by atoms with van der Waals surface area (Å²) in [5.74, 6) is 2.53. The number of hydrogen-bond acceptors (Lipinski definition) is 0. The highest BCUT2D eigenvalue weighted by Gasteiger charge is 2.34. The van der Waals surface area contributed by atoms with Crippen LogP contribution >= 0.6 is 0 Å². The molecule has 0 spiro atoms. The van der Waals surface area contributed by atoms with Gasteiger partial charge in [0.1, 0.15) is 0 Å². The molecule has 0 aromatic carbocycles. The van der Waals surface area contributed by atoms with Crippen molar-refractivity contribution < 1.29 is 0 Å². The maximum atomic E-state index is 2.37. The fourth-order valence-electron chi connectivity index (χ4n) is 2.00. The molecular weight excluding hydrogens is 148 g/mol. The smallest absolute Gasteiger partial charge is 0.0116 e. The molecule has 0 saturated carbocycles. The quantitative estimate of drug-likeness (QED) is 0.574. The lowest BCUT2D eigenvalue weighted by Crippen LogP contribution is -2.31. The molecule has 0 aliphatic carbocycles. The average Bonchev–Trinajstić information content (AvgIpc) is 1.84. The molecule has 0 rings (SSSR count). The van der Waals surface area contributed by atoms with E-state index in [1.807, 2.05) is 0 Å². The second-order valence-corrected chi connectivity index (χ2v) is 6.56. The van der Waals surface area contributed by atoms with Gasteiger partial charge in [0, 0.05) is 10.2 Å². The SMILES string of the molecule is CC(C)C([SiH3])(C(C)C)C(C)C. The van der Waals surface area contributed by atoms with Crippen molar-refractivity contribution in [3.05, 3.63) is 0 Å². The Kier molecular flexibility index (Phi) is 3.82. The predicted octanol–water partition coefficient (Wildman–Crippen LogP) is 2.48. The van der Waals surface area contributed by atoms with Crippen LogP contribution in [0.15, 0.2) is 0 Å².